The molecule has 0 heterocycles. The van der Waals surface area contributed by atoms with Crippen LogP contribution in [0, 0.1) is 17.3 Å². The highest BCUT2D eigenvalue weighted by molar-refractivity contribution is 5.20. The van der Waals surface area contributed by atoms with Crippen molar-refractivity contribution in [3.63, 3.8) is 0 Å². The van der Waals surface area contributed by atoms with Crippen molar-refractivity contribution < 1.29 is 0 Å². The predicted octanol–water partition coefficient (Wildman–Crippen LogP) is 4.73. The Balaban J connectivity index is 2.02. The lowest BCUT2D eigenvalue weighted by molar-refractivity contribution is 0.213. The van der Waals surface area contributed by atoms with Crippen LogP contribution in [-0.2, 0) is 0 Å². The zero-order chi connectivity index (χ0) is 11.1. The molecule has 2 saturated carbocycles. The summed E-state index contributed by atoms with van der Waals surface area (Å²) in [6, 6.07) is 0. The Bertz CT molecular complexity index is 293. The Morgan fingerprint density at radius 3 is 2.67 bits per heavy atom. The van der Waals surface area contributed by atoms with E-state index in [1.165, 1.54) is 37.7 Å². The summed E-state index contributed by atoms with van der Waals surface area (Å²) in [6.45, 7) is 11.2. The van der Waals surface area contributed by atoms with Gasteiger partial charge in [-0.1, -0.05) is 30.7 Å². The first-order valence-corrected chi connectivity index (χ1v) is 6.35. The molecule has 0 aromatic carbocycles. The molecule has 0 saturated heterocycles. The molecule has 2 fully saturated rings. The fraction of sp³-hybridized carbons (Fsp3) is 0.733. The van der Waals surface area contributed by atoms with Crippen molar-refractivity contribution in [1.29, 1.82) is 0 Å². The standard InChI is InChI=1S/C15H24/c1-11(2)6-5-9-15(4)13-7-8-14(15)12(3)10-13/h6,13-14H,3,5,7-10H2,1-2,4H3/t13-,14+,15+/m0/s1. The zero-order valence-corrected chi connectivity index (χ0v) is 10.5. The van der Waals surface area contributed by atoms with Gasteiger partial charge >= 0.3 is 0 Å². The van der Waals surface area contributed by atoms with Crippen LogP contribution in [0.5, 0.6) is 0 Å². The molecule has 0 aliphatic heterocycles. The van der Waals surface area contributed by atoms with Gasteiger partial charge in [0.2, 0.25) is 0 Å². The van der Waals surface area contributed by atoms with Crippen molar-refractivity contribution in [3.8, 4) is 0 Å². The second kappa shape index (κ2) is 3.81. The number of hydrogen-bond acceptors (Lipinski definition) is 0. The van der Waals surface area contributed by atoms with Gasteiger partial charge in [0.1, 0.15) is 0 Å². The first kappa shape index (κ1) is 11.0. The molecule has 2 bridgehead atoms. The SMILES string of the molecule is C=C1C[C@@H]2CC[C@H]1[C@]2(C)CCC=C(C)C. The van der Waals surface area contributed by atoms with E-state index in [1.54, 1.807) is 5.57 Å². The first-order valence-electron chi connectivity index (χ1n) is 6.35. The highest BCUT2D eigenvalue weighted by Gasteiger charge is 2.51. The third kappa shape index (κ3) is 1.79. The Hall–Kier alpha value is -0.520. The molecule has 0 radical (unpaired) electrons. The van der Waals surface area contributed by atoms with Gasteiger partial charge in [-0.15, -0.1) is 0 Å². The Kier molecular flexibility index (Phi) is 2.79. The summed E-state index contributed by atoms with van der Waals surface area (Å²) in [6.07, 6.45) is 9.21. The smallest absolute Gasteiger partial charge is 0.0149 e. The summed E-state index contributed by atoms with van der Waals surface area (Å²) in [4.78, 5) is 0. The molecule has 2 rings (SSSR count). The van der Waals surface area contributed by atoms with Gasteiger partial charge in [-0.2, -0.15) is 0 Å². The maximum Gasteiger partial charge on any atom is -0.0149 e. The van der Waals surface area contributed by atoms with Crippen molar-refractivity contribution in [3.05, 3.63) is 23.8 Å². The molecule has 84 valence electrons. The van der Waals surface area contributed by atoms with Crippen LogP contribution in [0.3, 0.4) is 0 Å². The van der Waals surface area contributed by atoms with Gasteiger partial charge in [0.05, 0.1) is 0 Å². The van der Waals surface area contributed by atoms with Crippen LogP contribution in [0.1, 0.15) is 52.9 Å². The zero-order valence-electron chi connectivity index (χ0n) is 10.5. The normalized spacial score (nSPS) is 38.5. The third-order valence-electron chi connectivity index (χ3n) is 4.77. The largest absolute Gasteiger partial charge is 0.0995 e. The van der Waals surface area contributed by atoms with Gasteiger partial charge in [0, 0.05) is 0 Å². The fourth-order valence-corrected chi connectivity index (χ4v) is 3.83. The van der Waals surface area contributed by atoms with E-state index in [2.05, 4.69) is 33.4 Å². The molecule has 0 unspecified atom stereocenters. The molecule has 2 aliphatic carbocycles. The van der Waals surface area contributed by atoms with E-state index < -0.39 is 0 Å². The molecule has 0 heteroatoms. The van der Waals surface area contributed by atoms with Crippen molar-refractivity contribution in [2.24, 2.45) is 17.3 Å². The summed E-state index contributed by atoms with van der Waals surface area (Å²) in [7, 11) is 0. The molecule has 3 atom stereocenters. The maximum absolute atomic E-state index is 4.26. The number of fused-ring (bicyclic) bond motifs is 2. The lowest BCUT2D eigenvalue weighted by Crippen LogP contribution is -2.21. The van der Waals surface area contributed by atoms with Crippen molar-refractivity contribution in [1.82, 2.24) is 0 Å². The minimum absolute atomic E-state index is 0.586. The molecular formula is C15H24. The van der Waals surface area contributed by atoms with E-state index in [0.29, 0.717) is 5.41 Å². The monoisotopic (exact) mass is 204 g/mol. The lowest BCUT2D eigenvalue weighted by atomic mass is 9.75. The molecule has 2 aliphatic rings. The van der Waals surface area contributed by atoms with Crippen molar-refractivity contribution in [2.45, 2.75) is 52.9 Å². The van der Waals surface area contributed by atoms with Crippen LogP contribution >= 0.6 is 0 Å². The first-order chi connectivity index (χ1) is 7.04. The van der Waals surface area contributed by atoms with E-state index in [0.717, 1.165) is 11.8 Å². The Labute approximate surface area is 94.5 Å². The van der Waals surface area contributed by atoms with Crippen molar-refractivity contribution >= 4 is 0 Å². The van der Waals surface area contributed by atoms with E-state index in [4.69, 9.17) is 0 Å². The average Bonchev–Trinajstić information content (AvgIpc) is 2.55. The summed E-state index contributed by atoms with van der Waals surface area (Å²) < 4.78 is 0. The summed E-state index contributed by atoms with van der Waals surface area (Å²) in [5.41, 5.74) is 3.59. The number of rotatable bonds is 3. The molecule has 0 nitrogen and oxygen atoms in total. The highest BCUT2D eigenvalue weighted by atomic mass is 14.6. The van der Waals surface area contributed by atoms with Gasteiger partial charge < -0.3 is 0 Å². The van der Waals surface area contributed by atoms with Gasteiger partial charge in [0.15, 0.2) is 0 Å². The van der Waals surface area contributed by atoms with Gasteiger partial charge in [0.25, 0.3) is 0 Å². The van der Waals surface area contributed by atoms with Crippen LogP contribution in [0.15, 0.2) is 23.8 Å². The lowest BCUT2D eigenvalue weighted by Gasteiger charge is -2.29. The van der Waals surface area contributed by atoms with Crippen molar-refractivity contribution in [2.75, 3.05) is 0 Å². The molecule has 0 aromatic heterocycles. The predicted molar refractivity (Wildman–Crippen MR) is 66.7 cm³/mol. The number of allylic oxidation sites excluding steroid dienone is 3. The minimum atomic E-state index is 0.586. The third-order valence-corrected chi connectivity index (χ3v) is 4.77. The highest BCUT2D eigenvalue weighted by Crippen LogP contribution is 2.61. The van der Waals surface area contributed by atoms with Gasteiger partial charge in [-0.05, 0) is 63.2 Å². The van der Waals surface area contributed by atoms with Crippen LogP contribution in [0.25, 0.3) is 0 Å². The summed E-state index contributed by atoms with van der Waals surface area (Å²) >= 11 is 0. The second-order valence-corrected chi connectivity index (χ2v) is 6.02. The summed E-state index contributed by atoms with van der Waals surface area (Å²) in [5, 5.41) is 0. The Morgan fingerprint density at radius 1 is 1.47 bits per heavy atom. The van der Waals surface area contributed by atoms with Crippen LogP contribution < -0.4 is 0 Å². The molecule has 0 N–H and O–H groups in total. The average molecular weight is 204 g/mol. The topological polar surface area (TPSA) is 0 Å². The van der Waals surface area contributed by atoms with E-state index in [1.807, 2.05) is 0 Å². The number of hydrogen-bond donors (Lipinski definition) is 0. The molecule has 0 amide bonds. The van der Waals surface area contributed by atoms with E-state index >= 15 is 0 Å². The molecule has 15 heavy (non-hydrogen) atoms. The quantitative estimate of drug-likeness (QED) is 0.583. The van der Waals surface area contributed by atoms with Gasteiger partial charge in [-0.3, -0.25) is 0 Å². The van der Waals surface area contributed by atoms with E-state index in [-0.39, 0.29) is 0 Å². The van der Waals surface area contributed by atoms with Crippen LogP contribution in [0.2, 0.25) is 0 Å². The molecule has 0 spiro atoms. The van der Waals surface area contributed by atoms with Gasteiger partial charge in [-0.25, -0.2) is 0 Å². The molecular weight excluding hydrogens is 180 g/mol. The molecule has 0 aromatic rings. The summed E-state index contributed by atoms with van der Waals surface area (Å²) in [5.74, 6) is 1.79. The van der Waals surface area contributed by atoms with Crippen LogP contribution in [0.4, 0.5) is 0 Å². The second-order valence-electron chi connectivity index (χ2n) is 6.02. The van der Waals surface area contributed by atoms with E-state index in [9.17, 15) is 0 Å². The van der Waals surface area contributed by atoms with Crippen LogP contribution in [-0.4, -0.2) is 0 Å². The Morgan fingerprint density at radius 2 is 2.20 bits per heavy atom. The fourth-order valence-electron chi connectivity index (χ4n) is 3.83. The minimum Gasteiger partial charge on any atom is -0.0995 e. The maximum atomic E-state index is 4.26.